The summed E-state index contributed by atoms with van der Waals surface area (Å²) in [5.74, 6) is 0. The van der Waals surface area contributed by atoms with Gasteiger partial charge in [-0.05, 0) is 0 Å². The molecule has 0 N–H and O–H groups in total. The van der Waals surface area contributed by atoms with E-state index in [0.717, 1.165) is 0 Å². The summed E-state index contributed by atoms with van der Waals surface area (Å²) in [5.41, 5.74) is 3.11. The molecule has 0 atom stereocenters. The van der Waals surface area contributed by atoms with Crippen molar-refractivity contribution < 1.29 is 18.9 Å². The van der Waals surface area contributed by atoms with Crippen molar-refractivity contribution in [1.82, 2.24) is 0 Å². The summed E-state index contributed by atoms with van der Waals surface area (Å²) in [6, 6.07) is 25.9. The Morgan fingerprint density at radius 2 is 1.28 bits per heavy atom. The maximum absolute atomic E-state index is 5.13. The summed E-state index contributed by atoms with van der Waals surface area (Å²) in [6.07, 6.45) is 0. The van der Waals surface area contributed by atoms with Gasteiger partial charge < -0.3 is 14.9 Å². The van der Waals surface area contributed by atoms with Gasteiger partial charge >= 0.3 is 40.1 Å². The van der Waals surface area contributed by atoms with Crippen LogP contribution in [0, 0.1) is 21.8 Å². The van der Waals surface area contributed by atoms with Crippen molar-refractivity contribution in [3.8, 4) is 0 Å². The first kappa shape index (κ1) is 28.0. The van der Waals surface area contributed by atoms with Crippen LogP contribution in [0.25, 0.3) is 21.5 Å². The molecule has 0 unspecified atom stereocenters. The Balaban J connectivity index is 0.000000443. The van der Waals surface area contributed by atoms with E-state index in [1.165, 1.54) is 32.7 Å². The van der Waals surface area contributed by atoms with E-state index in [1.807, 2.05) is 0 Å². The van der Waals surface area contributed by atoms with Crippen molar-refractivity contribution in [3.63, 3.8) is 0 Å². The molecule has 0 radical (unpaired) electrons. The number of hydrogen-bond donors (Lipinski definition) is 0. The number of benzene rings is 2. The Morgan fingerprint density at radius 1 is 0.862 bits per heavy atom. The first-order valence-electron chi connectivity index (χ1n) is 8.95. The van der Waals surface area contributed by atoms with Gasteiger partial charge in [-0.2, -0.15) is 23.3 Å². The van der Waals surface area contributed by atoms with E-state index in [9.17, 15) is 0 Å². The first-order chi connectivity index (χ1) is 12.7. The molecule has 0 saturated heterocycles. The van der Waals surface area contributed by atoms with Crippen LogP contribution in [0.2, 0.25) is 0 Å². The molecule has 0 aliphatic heterocycles. The monoisotopic (exact) mass is 504 g/mol. The standard InChI is InChI=1S/C13H9.C10H15.2CH3.CH2.2ClH.Zr/c1-3-7-12-10(5-1)9-11-6-2-4-8-13(11)12;1-8-5-6-9(7-8)10(2,3)4;;;;;;/h1-9H;5-7H,1-4H3;2*1H3;1H2;2*1H;/q4*-1;;;;+2/p-2. The van der Waals surface area contributed by atoms with Crippen LogP contribution in [0.15, 0.2) is 72.8 Å². The first-order valence-corrected chi connectivity index (χ1v) is 17.0. The summed E-state index contributed by atoms with van der Waals surface area (Å²) >= 11 is -1.85. The van der Waals surface area contributed by atoms with Gasteiger partial charge in [-0.15, -0.1) is 39.7 Å². The smallest absolute Gasteiger partial charge is 0.0771 e. The molecular weight excluding hydrogens is 474 g/mol. The molecule has 29 heavy (non-hydrogen) atoms. The number of fused-ring (bicyclic) bond motifs is 3. The molecule has 0 spiro atoms. The van der Waals surface area contributed by atoms with E-state index in [0.29, 0.717) is 5.41 Å². The SMILES string of the molecule is Cc1cc(C(C)(C)C)c[cH-]1.[CH2]=[Zr]([Cl])[Cl].[CH3-].[CH3-].c1ccc2c(c1)[cH-]c1ccccc12. The van der Waals surface area contributed by atoms with Crippen LogP contribution in [0.1, 0.15) is 31.9 Å². The van der Waals surface area contributed by atoms with Gasteiger partial charge in [-0.3, -0.25) is 0 Å². The maximum atomic E-state index is 5.13. The summed E-state index contributed by atoms with van der Waals surface area (Å²) in [7, 11) is 10.3. The molecule has 0 bridgehead atoms. The normalized spacial score (nSPS) is 10.0. The van der Waals surface area contributed by atoms with Crippen LogP contribution in [-0.2, 0) is 24.3 Å². The van der Waals surface area contributed by atoms with Crippen LogP contribution in [-0.4, -0.2) is 4.21 Å². The fourth-order valence-corrected chi connectivity index (χ4v) is 2.93. The van der Waals surface area contributed by atoms with E-state index in [2.05, 4.69) is 105 Å². The Hall–Kier alpha value is -1.01. The zero-order valence-corrected chi connectivity index (χ0v) is 22.4. The summed E-state index contributed by atoms with van der Waals surface area (Å²) in [4.78, 5) is 0. The van der Waals surface area contributed by atoms with Crippen LogP contribution in [0.4, 0.5) is 0 Å². The van der Waals surface area contributed by atoms with Gasteiger partial charge in [0.1, 0.15) is 0 Å². The van der Waals surface area contributed by atoms with Crippen LogP contribution in [0.5, 0.6) is 0 Å². The van der Waals surface area contributed by atoms with Crippen molar-refractivity contribution in [2.75, 3.05) is 0 Å². The number of rotatable bonds is 0. The molecule has 158 valence electrons. The van der Waals surface area contributed by atoms with E-state index >= 15 is 0 Å². The van der Waals surface area contributed by atoms with Crippen LogP contribution >= 0.6 is 17.0 Å². The molecule has 0 amide bonds. The van der Waals surface area contributed by atoms with Gasteiger partial charge in [0.25, 0.3) is 0 Å². The van der Waals surface area contributed by atoms with Gasteiger partial charge in [0, 0.05) is 0 Å². The van der Waals surface area contributed by atoms with E-state index in [-0.39, 0.29) is 14.9 Å². The molecule has 3 heteroatoms. The largest absolute Gasteiger partial charge is 0.358 e. The fourth-order valence-electron chi connectivity index (χ4n) is 2.93. The van der Waals surface area contributed by atoms with Crippen molar-refractivity contribution in [2.45, 2.75) is 33.1 Å². The molecule has 4 aromatic carbocycles. The molecular formula is C26H32Cl2Zr-4. The molecule has 4 aromatic rings. The number of halogens is 2. The zero-order valence-electron chi connectivity index (χ0n) is 18.4. The molecule has 0 nitrogen and oxygen atoms in total. The average Bonchev–Trinajstić information content (AvgIpc) is 3.18. The minimum absolute atomic E-state index is 0. The third-order valence-electron chi connectivity index (χ3n) is 4.30. The second-order valence-electron chi connectivity index (χ2n) is 7.58. The predicted molar refractivity (Wildman–Crippen MR) is 134 cm³/mol. The molecule has 0 aliphatic carbocycles. The summed E-state index contributed by atoms with van der Waals surface area (Å²) in [6.45, 7) is 8.85. The topological polar surface area (TPSA) is 0 Å². The van der Waals surface area contributed by atoms with E-state index < -0.39 is 18.9 Å². The average molecular weight is 507 g/mol. The Labute approximate surface area is 192 Å². The molecule has 0 aromatic heterocycles. The van der Waals surface area contributed by atoms with Crippen molar-refractivity contribution in [2.24, 2.45) is 0 Å². The molecule has 0 aliphatic rings. The molecule has 0 saturated carbocycles. The van der Waals surface area contributed by atoms with Crippen molar-refractivity contribution in [3.05, 3.63) is 98.8 Å². The number of aryl methyl sites for hydroxylation is 1. The van der Waals surface area contributed by atoms with Crippen LogP contribution < -0.4 is 0 Å². The van der Waals surface area contributed by atoms with Gasteiger partial charge in [-0.25, -0.2) is 6.07 Å². The third-order valence-corrected chi connectivity index (χ3v) is 4.30. The molecule has 0 heterocycles. The quantitative estimate of drug-likeness (QED) is 0.209. The van der Waals surface area contributed by atoms with Gasteiger partial charge in [0.05, 0.1) is 0 Å². The molecule has 0 fully saturated rings. The van der Waals surface area contributed by atoms with Crippen LogP contribution in [0.3, 0.4) is 0 Å². The number of hydrogen-bond acceptors (Lipinski definition) is 0. The maximum Gasteiger partial charge on any atom is -0.0771 e. The predicted octanol–water partition coefficient (Wildman–Crippen LogP) is 8.97. The zero-order chi connectivity index (χ0) is 20.0. The third kappa shape index (κ3) is 8.71. The Morgan fingerprint density at radius 3 is 1.59 bits per heavy atom. The Bertz CT molecular complexity index is 961. The van der Waals surface area contributed by atoms with Crippen molar-refractivity contribution in [1.29, 1.82) is 0 Å². The fraction of sp³-hybridized carbons (Fsp3) is 0.192. The molecule has 4 rings (SSSR count). The minimum Gasteiger partial charge on any atom is -0.358 e. The van der Waals surface area contributed by atoms with Gasteiger partial charge in [0.15, 0.2) is 0 Å². The Kier molecular flexibility index (Phi) is 12.2. The van der Waals surface area contributed by atoms with Gasteiger partial charge in [-0.1, -0.05) is 69.5 Å². The van der Waals surface area contributed by atoms with E-state index in [1.54, 1.807) is 0 Å². The second-order valence-corrected chi connectivity index (χ2v) is 15.8. The summed E-state index contributed by atoms with van der Waals surface area (Å²) < 4.78 is 3.37. The second kappa shape index (κ2) is 12.6. The minimum atomic E-state index is -1.85. The summed E-state index contributed by atoms with van der Waals surface area (Å²) in [5, 5.41) is 5.39. The van der Waals surface area contributed by atoms with Gasteiger partial charge in [0.2, 0.25) is 0 Å². The van der Waals surface area contributed by atoms with Crippen molar-refractivity contribution >= 4 is 42.8 Å². The van der Waals surface area contributed by atoms with E-state index in [4.69, 9.17) is 17.0 Å².